The van der Waals surface area contributed by atoms with Gasteiger partial charge in [0.1, 0.15) is 0 Å². The van der Waals surface area contributed by atoms with Gasteiger partial charge in [-0.05, 0) is 93.2 Å². The number of rotatable bonds is 9. The maximum atomic E-state index is 6.32. The Hall–Kier alpha value is -0.810. The van der Waals surface area contributed by atoms with Crippen molar-refractivity contribution in [3.63, 3.8) is 0 Å². The number of likely N-dealkylation sites (tertiary alicyclic amines) is 1. The summed E-state index contributed by atoms with van der Waals surface area (Å²) in [7, 11) is 0. The molecule has 0 radical (unpaired) electrons. The van der Waals surface area contributed by atoms with E-state index in [1.807, 2.05) is 0 Å². The van der Waals surface area contributed by atoms with E-state index in [4.69, 9.17) is 11.6 Å². The summed E-state index contributed by atoms with van der Waals surface area (Å²) in [6.07, 6.45) is 20.5. The summed E-state index contributed by atoms with van der Waals surface area (Å²) >= 11 is 6.32. The monoisotopic (exact) mass is 502 g/mol. The highest BCUT2D eigenvalue weighted by Crippen LogP contribution is 2.43. The second-order valence-corrected chi connectivity index (χ2v) is 13.3. The molecular weight excluding hydrogens is 452 g/mol. The largest absolute Gasteiger partial charge is 0.370 e. The molecule has 0 aromatic heterocycles. The van der Waals surface area contributed by atoms with Crippen LogP contribution in [0, 0.1) is 29.1 Å². The molecule has 2 fully saturated rings. The molecule has 5 heteroatoms. The Kier molecular flexibility index (Phi) is 9.82. The molecule has 2 aliphatic heterocycles. The Morgan fingerprint density at radius 1 is 1.11 bits per heavy atom. The molecule has 0 bridgehead atoms. The van der Waals surface area contributed by atoms with Gasteiger partial charge in [0.25, 0.3) is 0 Å². The molecule has 0 amide bonds. The molecule has 2 aliphatic carbocycles. The molecule has 0 saturated carbocycles. The van der Waals surface area contributed by atoms with E-state index in [1.165, 1.54) is 57.4 Å². The third-order valence-electron chi connectivity index (χ3n) is 9.03. The van der Waals surface area contributed by atoms with Gasteiger partial charge in [-0.25, -0.2) is 0 Å². The minimum atomic E-state index is 0.250. The van der Waals surface area contributed by atoms with Crippen LogP contribution in [0.25, 0.3) is 0 Å². The summed E-state index contributed by atoms with van der Waals surface area (Å²) < 4.78 is 0. The number of hydrogen-bond donors (Lipinski definition) is 3. The lowest BCUT2D eigenvalue weighted by Gasteiger charge is -2.48. The average molecular weight is 503 g/mol. The zero-order valence-electron chi connectivity index (χ0n) is 22.7. The molecule has 0 aromatic rings. The van der Waals surface area contributed by atoms with Gasteiger partial charge in [-0.1, -0.05) is 52.0 Å². The van der Waals surface area contributed by atoms with Crippen LogP contribution in [0.4, 0.5) is 0 Å². The predicted molar refractivity (Wildman–Crippen MR) is 151 cm³/mol. The predicted octanol–water partition coefficient (Wildman–Crippen LogP) is 5.67. The molecule has 4 rings (SSSR count). The Labute approximate surface area is 220 Å². The highest BCUT2D eigenvalue weighted by atomic mass is 35.5. The summed E-state index contributed by atoms with van der Waals surface area (Å²) in [6.45, 7) is 15.6. The average Bonchev–Trinajstić information content (AvgIpc) is 2.83. The summed E-state index contributed by atoms with van der Waals surface area (Å²) in [4.78, 5) is 2.75. The van der Waals surface area contributed by atoms with Gasteiger partial charge in [0.05, 0.1) is 11.5 Å². The zero-order chi connectivity index (χ0) is 24.8. The first-order chi connectivity index (χ1) is 16.8. The van der Waals surface area contributed by atoms with E-state index in [-0.39, 0.29) is 5.38 Å². The second kappa shape index (κ2) is 12.6. The third kappa shape index (κ3) is 7.84. The van der Waals surface area contributed by atoms with Gasteiger partial charge in [-0.3, -0.25) is 5.32 Å². The number of allylic oxidation sites excluding steroid dienone is 5. The fraction of sp³-hybridized carbons (Fsp3) is 0.800. The second-order valence-electron chi connectivity index (χ2n) is 12.7. The first-order valence-corrected chi connectivity index (χ1v) is 14.9. The van der Waals surface area contributed by atoms with Gasteiger partial charge in [0.15, 0.2) is 0 Å². The minimum Gasteiger partial charge on any atom is -0.370 e. The van der Waals surface area contributed by atoms with E-state index in [0.717, 1.165) is 37.8 Å². The van der Waals surface area contributed by atoms with Crippen LogP contribution in [0.15, 0.2) is 36.1 Å². The van der Waals surface area contributed by atoms with Crippen LogP contribution in [0.1, 0.15) is 72.6 Å². The molecule has 2 heterocycles. The van der Waals surface area contributed by atoms with E-state index in [9.17, 15) is 0 Å². The quantitative estimate of drug-likeness (QED) is 0.280. The molecule has 35 heavy (non-hydrogen) atoms. The Bertz CT molecular complexity index is 749. The lowest BCUT2D eigenvalue weighted by atomic mass is 9.65. The van der Waals surface area contributed by atoms with Gasteiger partial charge in [-0.2, -0.15) is 0 Å². The highest BCUT2D eigenvalue weighted by molar-refractivity contribution is 6.21. The van der Waals surface area contributed by atoms with Crippen LogP contribution < -0.4 is 16.0 Å². The van der Waals surface area contributed by atoms with Crippen LogP contribution in [-0.4, -0.2) is 55.2 Å². The van der Waals surface area contributed by atoms with Crippen LogP contribution in [0.3, 0.4) is 0 Å². The number of nitrogens with one attached hydrogen (secondary N) is 3. The van der Waals surface area contributed by atoms with Crippen LogP contribution in [0.5, 0.6) is 0 Å². The van der Waals surface area contributed by atoms with Gasteiger partial charge in [0, 0.05) is 31.4 Å². The van der Waals surface area contributed by atoms with E-state index in [0.29, 0.717) is 29.5 Å². The lowest BCUT2D eigenvalue weighted by Crippen LogP contribution is -2.54. The summed E-state index contributed by atoms with van der Waals surface area (Å²) in [5.74, 6) is 2.85. The first kappa shape index (κ1) is 27.2. The van der Waals surface area contributed by atoms with E-state index < -0.39 is 0 Å². The van der Waals surface area contributed by atoms with Crippen molar-refractivity contribution in [3.8, 4) is 0 Å². The minimum absolute atomic E-state index is 0.250. The fourth-order valence-corrected chi connectivity index (χ4v) is 7.03. The Balaban J connectivity index is 1.21. The standard InChI is InChI=1S/C30H51ClN4/c1-22(2)28(32-18-23-10-15-29(33-19-23)34-26-8-6-5-7-9-26)20-35-17-16-27(30(3,4)21-35)24-11-13-25(31)14-12-24/h6,8-9,11,13,22-25,27-29,32-34H,5,7,10,12,14-21H2,1-4H3/t23?,24?,25?,27?,28-,29?/m0/s1. The molecule has 6 atom stereocenters. The summed E-state index contributed by atoms with van der Waals surface area (Å²) in [5.41, 5.74) is 1.64. The number of alkyl halides is 1. The molecule has 0 spiro atoms. The van der Waals surface area contributed by atoms with Crippen molar-refractivity contribution in [2.45, 2.75) is 90.2 Å². The van der Waals surface area contributed by atoms with Gasteiger partial charge in [0.2, 0.25) is 0 Å². The normalized spacial score (nSPS) is 34.6. The summed E-state index contributed by atoms with van der Waals surface area (Å²) in [6, 6.07) is 0.558. The fourth-order valence-electron chi connectivity index (χ4n) is 6.82. The van der Waals surface area contributed by atoms with Crippen molar-refractivity contribution in [1.82, 2.24) is 20.9 Å². The number of halogens is 1. The Morgan fingerprint density at radius 3 is 2.60 bits per heavy atom. The van der Waals surface area contributed by atoms with Gasteiger partial charge < -0.3 is 15.5 Å². The van der Waals surface area contributed by atoms with Crippen LogP contribution >= 0.6 is 11.6 Å². The smallest absolute Gasteiger partial charge is 0.0768 e. The maximum absolute atomic E-state index is 6.32. The molecule has 0 aromatic carbocycles. The number of hydrogen-bond acceptors (Lipinski definition) is 4. The molecule has 4 aliphatic rings. The van der Waals surface area contributed by atoms with Crippen LogP contribution in [0.2, 0.25) is 0 Å². The molecule has 198 valence electrons. The Morgan fingerprint density at radius 2 is 1.97 bits per heavy atom. The number of piperidine rings is 2. The highest BCUT2D eigenvalue weighted by Gasteiger charge is 2.40. The maximum Gasteiger partial charge on any atom is 0.0768 e. The van der Waals surface area contributed by atoms with E-state index in [2.05, 4.69) is 78.9 Å². The summed E-state index contributed by atoms with van der Waals surface area (Å²) in [5, 5.41) is 11.7. The SMILES string of the molecule is CC(C)[C@H](CN1CCC(C2C=CC(Cl)CC2)C(C)(C)C1)NCC1CCC(NC2=CCCC=C2)NC1. The van der Waals surface area contributed by atoms with E-state index in [1.54, 1.807) is 0 Å². The van der Waals surface area contributed by atoms with Crippen molar-refractivity contribution in [2.24, 2.45) is 29.1 Å². The molecular formula is C30H51ClN4. The third-order valence-corrected chi connectivity index (χ3v) is 9.40. The lowest BCUT2D eigenvalue weighted by molar-refractivity contribution is 0.0216. The molecule has 2 saturated heterocycles. The number of nitrogens with zero attached hydrogens (tertiary/aromatic N) is 1. The topological polar surface area (TPSA) is 39.3 Å². The van der Waals surface area contributed by atoms with Crippen molar-refractivity contribution in [3.05, 3.63) is 36.1 Å². The molecule has 4 nitrogen and oxygen atoms in total. The van der Waals surface area contributed by atoms with Crippen LogP contribution in [-0.2, 0) is 0 Å². The van der Waals surface area contributed by atoms with E-state index >= 15 is 0 Å². The van der Waals surface area contributed by atoms with Crippen molar-refractivity contribution in [2.75, 3.05) is 32.7 Å². The van der Waals surface area contributed by atoms with Gasteiger partial charge >= 0.3 is 0 Å². The molecule has 5 unspecified atom stereocenters. The molecule has 3 N–H and O–H groups in total. The van der Waals surface area contributed by atoms with Gasteiger partial charge in [-0.15, -0.1) is 11.6 Å². The van der Waals surface area contributed by atoms with Crippen molar-refractivity contribution >= 4 is 11.6 Å². The first-order valence-electron chi connectivity index (χ1n) is 14.4. The zero-order valence-corrected chi connectivity index (χ0v) is 23.5. The van der Waals surface area contributed by atoms with Crippen molar-refractivity contribution in [1.29, 1.82) is 0 Å². The van der Waals surface area contributed by atoms with Crippen molar-refractivity contribution < 1.29 is 0 Å².